The molecule has 0 aliphatic rings. The Morgan fingerprint density at radius 2 is 1.53 bits per heavy atom. The van der Waals surface area contributed by atoms with Gasteiger partial charge >= 0.3 is 0 Å². The highest BCUT2D eigenvalue weighted by molar-refractivity contribution is 5.40. The van der Waals surface area contributed by atoms with Gasteiger partial charge in [0.2, 0.25) is 0 Å². The normalized spacial score (nSPS) is 11.9. The van der Waals surface area contributed by atoms with Gasteiger partial charge in [0.1, 0.15) is 0 Å². The van der Waals surface area contributed by atoms with E-state index in [-0.39, 0.29) is 5.41 Å². The first-order chi connectivity index (χ1) is 6.86. The summed E-state index contributed by atoms with van der Waals surface area (Å²) in [5.41, 5.74) is 11.5. The van der Waals surface area contributed by atoms with E-state index in [1.165, 1.54) is 22.3 Å². The molecule has 84 valence electrons. The van der Waals surface area contributed by atoms with Crippen molar-refractivity contribution in [2.45, 2.75) is 46.5 Å². The SMILES string of the molecule is Cc1cc(C(C)(C)C)cc(C)c1CCN. The van der Waals surface area contributed by atoms with Crippen LogP contribution in [0.2, 0.25) is 0 Å². The molecule has 0 radical (unpaired) electrons. The van der Waals surface area contributed by atoms with Crippen molar-refractivity contribution in [1.82, 2.24) is 0 Å². The fourth-order valence-corrected chi connectivity index (χ4v) is 1.97. The average Bonchev–Trinajstić information content (AvgIpc) is 2.09. The Bertz CT molecular complexity index is 322. The Kier molecular flexibility index (Phi) is 3.56. The van der Waals surface area contributed by atoms with Crippen molar-refractivity contribution >= 4 is 0 Å². The minimum atomic E-state index is 0.233. The van der Waals surface area contributed by atoms with Crippen molar-refractivity contribution in [1.29, 1.82) is 0 Å². The van der Waals surface area contributed by atoms with Gasteiger partial charge in [0.25, 0.3) is 0 Å². The van der Waals surface area contributed by atoms with E-state index in [4.69, 9.17) is 5.73 Å². The lowest BCUT2D eigenvalue weighted by Gasteiger charge is -2.22. The molecule has 1 rings (SSSR count). The van der Waals surface area contributed by atoms with Crippen LogP contribution in [0, 0.1) is 13.8 Å². The summed E-state index contributed by atoms with van der Waals surface area (Å²) in [5, 5.41) is 0. The Labute approximate surface area is 93.7 Å². The standard InChI is InChI=1S/C14H23N/c1-10-8-12(14(3,4)5)9-11(2)13(10)6-7-15/h8-9H,6-7,15H2,1-5H3. The van der Waals surface area contributed by atoms with Gasteiger partial charge in [-0.05, 0) is 54.5 Å². The number of rotatable bonds is 2. The Balaban J connectivity index is 3.19. The molecule has 0 atom stereocenters. The molecule has 0 spiro atoms. The lowest BCUT2D eigenvalue weighted by atomic mass is 9.83. The van der Waals surface area contributed by atoms with Crippen molar-refractivity contribution < 1.29 is 0 Å². The van der Waals surface area contributed by atoms with Gasteiger partial charge in [0, 0.05) is 0 Å². The van der Waals surface area contributed by atoms with Crippen LogP contribution >= 0.6 is 0 Å². The van der Waals surface area contributed by atoms with Crippen LogP contribution in [0.4, 0.5) is 0 Å². The van der Waals surface area contributed by atoms with Gasteiger partial charge in [0.05, 0.1) is 0 Å². The summed E-state index contributed by atoms with van der Waals surface area (Å²) >= 11 is 0. The maximum Gasteiger partial charge on any atom is -0.00365 e. The lowest BCUT2D eigenvalue weighted by molar-refractivity contribution is 0.588. The molecular weight excluding hydrogens is 182 g/mol. The van der Waals surface area contributed by atoms with Crippen LogP contribution in [-0.4, -0.2) is 6.54 Å². The second-order valence-electron chi connectivity index (χ2n) is 5.38. The molecule has 0 fully saturated rings. The van der Waals surface area contributed by atoms with Crippen LogP contribution in [-0.2, 0) is 11.8 Å². The second-order valence-corrected chi connectivity index (χ2v) is 5.38. The molecule has 1 aromatic rings. The topological polar surface area (TPSA) is 26.0 Å². The van der Waals surface area contributed by atoms with Crippen LogP contribution in [0.3, 0.4) is 0 Å². The third-order valence-corrected chi connectivity index (χ3v) is 2.96. The van der Waals surface area contributed by atoms with Crippen LogP contribution < -0.4 is 5.73 Å². The number of nitrogens with two attached hydrogens (primary N) is 1. The van der Waals surface area contributed by atoms with Gasteiger partial charge < -0.3 is 5.73 Å². The molecule has 2 N–H and O–H groups in total. The molecule has 0 bridgehead atoms. The van der Waals surface area contributed by atoms with Gasteiger partial charge in [-0.25, -0.2) is 0 Å². The van der Waals surface area contributed by atoms with Crippen molar-refractivity contribution in [3.05, 3.63) is 34.4 Å². The quantitative estimate of drug-likeness (QED) is 0.789. The monoisotopic (exact) mass is 205 g/mol. The summed E-state index contributed by atoms with van der Waals surface area (Å²) in [6, 6.07) is 4.61. The smallest absolute Gasteiger partial charge is 0.00365 e. The summed E-state index contributed by atoms with van der Waals surface area (Å²) in [5.74, 6) is 0. The van der Waals surface area contributed by atoms with Crippen molar-refractivity contribution in [2.24, 2.45) is 5.73 Å². The fourth-order valence-electron chi connectivity index (χ4n) is 1.97. The highest BCUT2D eigenvalue weighted by atomic mass is 14.5. The second kappa shape index (κ2) is 4.36. The third kappa shape index (κ3) is 2.82. The van der Waals surface area contributed by atoms with Gasteiger partial charge in [-0.1, -0.05) is 32.9 Å². The van der Waals surface area contributed by atoms with Gasteiger partial charge in [0.15, 0.2) is 0 Å². The molecule has 0 aliphatic heterocycles. The van der Waals surface area contributed by atoms with E-state index in [0.29, 0.717) is 0 Å². The average molecular weight is 205 g/mol. The zero-order valence-electron chi connectivity index (χ0n) is 10.6. The summed E-state index contributed by atoms with van der Waals surface area (Å²) in [6.45, 7) is 11.9. The first kappa shape index (κ1) is 12.3. The van der Waals surface area contributed by atoms with Crippen molar-refractivity contribution in [2.75, 3.05) is 6.54 Å². The molecule has 1 nitrogen and oxygen atoms in total. The molecule has 1 aromatic carbocycles. The minimum Gasteiger partial charge on any atom is -0.330 e. The summed E-state index contributed by atoms with van der Waals surface area (Å²) in [7, 11) is 0. The summed E-state index contributed by atoms with van der Waals surface area (Å²) in [6.07, 6.45) is 0.988. The number of hydrogen-bond donors (Lipinski definition) is 1. The summed E-state index contributed by atoms with van der Waals surface area (Å²) in [4.78, 5) is 0. The highest BCUT2D eigenvalue weighted by Crippen LogP contribution is 2.26. The van der Waals surface area contributed by atoms with E-state index in [1.807, 2.05) is 0 Å². The van der Waals surface area contributed by atoms with Gasteiger partial charge in [-0.3, -0.25) is 0 Å². The predicted molar refractivity (Wildman–Crippen MR) is 67.4 cm³/mol. The Hall–Kier alpha value is -0.820. The van der Waals surface area contributed by atoms with Crippen LogP contribution in [0.15, 0.2) is 12.1 Å². The molecule has 0 unspecified atom stereocenters. The van der Waals surface area contributed by atoms with Gasteiger partial charge in [-0.2, -0.15) is 0 Å². The Morgan fingerprint density at radius 1 is 1.07 bits per heavy atom. The number of benzene rings is 1. The third-order valence-electron chi connectivity index (χ3n) is 2.96. The zero-order valence-corrected chi connectivity index (χ0v) is 10.6. The van der Waals surface area contributed by atoms with E-state index < -0.39 is 0 Å². The molecule has 0 aromatic heterocycles. The largest absolute Gasteiger partial charge is 0.330 e. The molecular formula is C14H23N. The first-order valence-corrected chi connectivity index (χ1v) is 5.67. The van der Waals surface area contributed by atoms with Crippen LogP contribution in [0.25, 0.3) is 0 Å². The fraction of sp³-hybridized carbons (Fsp3) is 0.571. The zero-order chi connectivity index (χ0) is 11.6. The van der Waals surface area contributed by atoms with E-state index in [0.717, 1.165) is 13.0 Å². The highest BCUT2D eigenvalue weighted by Gasteiger charge is 2.15. The van der Waals surface area contributed by atoms with Crippen molar-refractivity contribution in [3.8, 4) is 0 Å². The maximum absolute atomic E-state index is 5.62. The molecule has 0 saturated heterocycles. The number of aryl methyl sites for hydroxylation is 2. The van der Waals surface area contributed by atoms with Crippen molar-refractivity contribution in [3.63, 3.8) is 0 Å². The molecule has 1 heteroatoms. The van der Waals surface area contributed by atoms with Crippen LogP contribution in [0.5, 0.6) is 0 Å². The molecule has 0 aliphatic carbocycles. The minimum absolute atomic E-state index is 0.233. The first-order valence-electron chi connectivity index (χ1n) is 5.67. The summed E-state index contributed by atoms with van der Waals surface area (Å²) < 4.78 is 0. The van der Waals surface area contributed by atoms with Gasteiger partial charge in [-0.15, -0.1) is 0 Å². The molecule has 0 saturated carbocycles. The molecule has 0 amide bonds. The Morgan fingerprint density at radius 3 is 1.87 bits per heavy atom. The van der Waals surface area contributed by atoms with Crippen LogP contribution in [0.1, 0.15) is 43.0 Å². The molecule has 15 heavy (non-hydrogen) atoms. The number of hydrogen-bond acceptors (Lipinski definition) is 1. The van der Waals surface area contributed by atoms with E-state index in [1.54, 1.807) is 0 Å². The van der Waals surface area contributed by atoms with E-state index in [2.05, 4.69) is 46.8 Å². The van der Waals surface area contributed by atoms with E-state index >= 15 is 0 Å². The molecule has 0 heterocycles. The van der Waals surface area contributed by atoms with E-state index in [9.17, 15) is 0 Å². The lowest BCUT2D eigenvalue weighted by Crippen LogP contribution is -2.13. The maximum atomic E-state index is 5.62. The predicted octanol–water partition coefficient (Wildman–Crippen LogP) is 3.10.